The number of hydrogen-bond donors (Lipinski definition) is 0. The van der Waals surface area contributed by atoms with Crippen LogP contribution >= 0.6 is 0 Å². The van der Waals surface area contributed by atoms with E-state index in [9.17, 15) is 4.91 Å². The van der Waals surface area contributed by atoms with Gasteiger partial charge in [0.2, 0.25) is 0 Å². The van der Waals surface area contributed by atoms with Gasteiger partial charge in [0, 0.05) is 35.9 Å². The SMILES string of the molecule is O=NC(c1cccnc1)c1cccnc1. The van der Waals surface area contributed by atoms with Crippen LogP contribution in [0.2, 0.25) is 0 Å². The Labute approximate surface area is 87.0 Å². The summed E-state index contributed by atoms with van der Waals surface area (Å²) in [5.41, 5.74) is 1.56. The van der Waals surface area contributed by atoms with Gasteiger partial charge in [-0.3, -0.25) is 9.97 Å². The van der Waals surface area contributed by atoms with Crippen molar-refractivity contribution in [2.75, 3.05) is 0 Å². The topological polar surface area (TPSA) is 55.2 Å². The number of pyridine rings is 2. The molecular formula is C11H9N3O. The molecule has 2 aromatic heterocycles. The molecule has 0 unspecified atom stereocenters. The second kappa shape index (κ2) is 4.41. The minimum Gasteiger partial charge on any atom is -0.264 e. The summed E-state index contributed by atoms with van der Waals surface area (Å²) >= 11 is 0. The maximum atomic E-state index is 10.8. The molecule has 0 aliphatic rings. The third kappa shape index (κ3) is 2.04. The average Bonchev–Trinajstić information content (AvgIpc) is 2.33. The summed E-state index contributed by atoms with van der Waals surface area (Å²) in [6.45, 7) is 0. The first-order chi connectivity index (χ1) is 7.42. The van der Waals surface area contributed by atoms with Crippen molar-refractivity contribution in [3.05, 3.63) is 65.1 Å². The average molecular weight is 199 g/mol. The Bertz CT molecular complexity index is 391. The molecule has 0 fully saturated rings. The van der Waals surface area contributed by atoms with Crippen LogP contribution in [0.25, 0.3) is 0 Å². The molecule has 4 heteroatoms. The predicted molar refractivity (Wildman–Crippen MR) is 56.1 cm³/mol. The maximum absolute atomic E-state index is 10.8. The van der Waals surface area contributed by atoms with Crippen LogP contribution in [0.4, 0.5) is 0 Å². The quantitative estimate of drug-likeness (QED) is 0.713. The molecule has 0 aliphatic heterocycles. The van der Waals surface area contributed by atoms with Gasteiger partial charge < -0.3 is 0 Å². The van der Waals surface area contributed by atoms with Crippen LogP contribution in [0.5, 0.6) is 0 Å². The fourth-order valence-electron chi connectivity index (χ4n) is 1.39. The van der Waals surface area contributed by atoms with Crippen LogP contribution in [-0.2, 0) is 0 Å². The molecule has 0 aromatic carbocycles. The summed E-state index contributed by atoms with van der Waals surface area (Å²) in [6, 6.07) is 6.69. The van der Waals surface area contributed by atoms with Gasteiger partial charge in [0.25, 0.3) is 0 Å². The van der Waals surface area contributed by atoms with E-state index in [0.717, 1.165) is 11.1 Å². The lowest BCUT2D eigenvalue weighted by Crippen LogP contribution is -1.97. The highest BCUT2D eigenvalue weighted by Gasteiger charge is 2.14. The number of aromatic nitrogens is 2. The van der Waals surface area contributed by atoms with Gasteiger partial charge in [0.05, 0.1) is 0 Å². The maximum Gasteiger partial charge on any atom is 0.145 e. The molecule has 2 heterocycles. The van der Waals surface area contributed by atoms with Crippen LogP contribution in [0.15, 0.2) is 54.2 Å². The van der Waals surface area contributed by atoms with Crippen molar-refractivity contribution in [2.45, 2.75) is 6.04 Å². The molecule has 0 atom stereocenters. The Kier molecular flexibility index (Phi) is 2.78. The first-order valence-electron chi connectivity index (χ1n) is 4.54. The highest BCUT2D eigenvalue weighted by molar-refractivity contribution is 5.27. The summed E-state index contributed by atoms with van der Waals surface area (Å²) in [6.07, 6.45) is 6.60. The highest BCUT2D eigenvalue weighted by atomic mass is 16.3. The molecule has 74 valence electrons. The summed E-state index contributed by atoms with van der Waals surface area (Å²) in [7, 11) is 0. The minimum absolute atomic E-state index is 0.521. The van der Waals surface area contributed by atoms with Gasteiger partial charge in [-0.15, -0.1) is 4.91 Å². The Hall–Kier alpha value is -2.10. The van der Waals surface area contributed by atoms with E-state index in [4.69, 9.17) is 0 Å². The monoisotopic (exact) mass is 199 g/mol. The fraction of sp³-hybridized carbons (Fsp3) is 0.0909. The van der Waals surface area contributed by atoms with E-state index in [1.54, 1.807) is 36.9 Å². The number of nitrogens with zero attached hydrogens (tertiary/aromatic N) is 3. The van der Waals surface area contributed by atoms with E-state index in [0.29, 0.717) is 0 Å². The second-order valence-electron chi connectivity index (χ2n) is 3.08. The largest absolute Gasteiger partial charge is 0.264 e. The van der Waals surface area contributed by atoms with Gasteiger partial charge in [-0.1, -0.05) is 17.3 Å². The molecule has 0 spiro atoms. The fourth-order valence-corrected chi connectivity index (χ4v) is 1.39. The normalized spacial score (nSPS) is 10.2. The summed E-state index contributed by atoms with van der Waals surface area (Å²) in [5, 5.41) is 3.10. The van der Waals surface area contributed by atoms with E-state index >= 15 is 0 Å². The van der Waals surface area contributed by atoms with Crippen LogP contribution in [0, 0.1) is 4.91 Å². The van der Waals surface area contributed by atoms with Crippen molar-refractivity contribution in [1.82, 2.24) is 9.97 Å². The zero-order chi connectivity index (χ0) is 10.5. The lowest BCUT2D eigenvalue weighted by atomic mass is 10.0. The molecule has 2 rings (SSSR count). The van der Waals surface area contributed by atoms with Gasteiger partial charge in [-0.25, -0.2) is 0 Å². The second-order valence-corrected chi connectivity index (χ2v) is 3.08. The highest BCUT2D eigenvalue weighted by Crippen LogP contribution is 2.23. The van der Waals surface area contributed by atoms with Gasteiger partial charge in [-0.2, -0.15) is 0 Å². The Morgan fingerprint density at radius 1 is 1.00 bits per heavy atom. The molecule has 0 aliphatic carbocycles. The summed E-state index contributed by atoms with van der Waals surface area (Å²) in [5.74, 6) is 0. The lowest BCUT2D eigenvalue weighted by molar-refractivity contribution is 0.848. The number of nitroso groups, excluding NO2 is 1. The van der Waals surface area contributed by atoms with Gasteiger partial charge in [0.15, 0.2) is 0 Å². The smallest absolute Gasteiger partial charge is 0.145 e. The molecule has 0 saturated carbocycles. The number of rotatable bonds is 3. The molecule has 0 saturated heterocycles. The molecule has 0 amide bonds. The molecule has 0 bridgehead atoms. The summed E-state index contributed by atoms with van der Waals surface area (Å²) < 4.78 is 0. The zero-order valence-corrected chi connectivity index (χ0v) is 7.95. The molecule has 4 nitrogen and oxygen atoms in total. The van der Waals surface area contributed by atoms with E-state index < -0.39 is 6.04 Å². The van der Waals surface area contributed by atoms with Crippen LogP contribution in [0.3, 0.4) is 0 Å². The van der Waals surface area contributed by atoms with Crippen LogP contribution < -0.4 is 0 Å². The van der Waals surface area contributed by atoms with Gasteiger partial charge in [-0.05, 0) is 12.1 Å². The molecule has 0 N–H and O–H groups in total. The standard InChI is InChI=1S/C11H9N3O/c15-14-11(9-3-1-5-12-7-9)10-4-2-6-13-8-10/h1-8,11H. The molecule has 2 aromatic rings. The van der Waals surface area contributed by atoms with Gasteiger partial charge in [0.1, 0.15) is 6.04 Å². The predicted octanol–water partition coefficient (Wildman–Crippen LogP) is 2.33. The van der Waals surface area contributed by atoms with Crippen molar-refractivity contribution in [3.8, 4) is 0 Å². The lowest BCUT2D eigenvalue weighted by Gasteiger charge is -2.07. The molecule has 0 radical (unpaired) electrons. The molecule has 15 heavy (non-hydrogen) atoms. The van der Waals surface area contributed by atoms with Crippen molar-refractivity contribution < 1.29 is 0 Å². The first-order valence-corrected chi connectivity index (χ1v) is 4.54. The van der Waals surface area contributed by atoms with Gasteiger partial charge >= 0.3 is 0 Å². The van der Waals surface area contributed by atoms with Crippen LogP contribution in [0.1, 0.15) is 17.2 Å². The zero-order valence-electron chi connectivity index (χ0n) is 7.95. The Morgan fingerprint density at radius 2 is 1.53 bits per heavy atom. The van der Waals surface area contributed by atoms with Crippen molar-refractivity contribution in [1.29, 1.82) is 0 Å². The number of hydrogen-bond acceptors (Lipinski definition) is 4. The Morgan fingerprint density at radius 3 is 1.87 bits per heavy atom. The minimum atomic E-state index is -0.521. The van der Waals surface area contributed by atoms with E-state index in [1.807, 2.05) is 12.1 Å². The van der Waals surface area contributed by atoms with E-state index in [1.165, 1.54) is 0 Å². The summed E-state index contributed by atoms with van der Waals surface area (Å²) in [4.78, 5) is 18.7. The van der Waals surface area contributed by atoms with Crippen molar-refractivity contribution in [3.63, 3.8) is 0 Å². The van der Waals surface area contributed by atoms with Crippen LogP contribution in [-0.4, -0.2) is 9.97 Å². The van der Waals surface area contributed by atoms with Crippen molar-refractivity contribution in [2.24, 2.45) is 5.18 Å². The first kappa shape index (κ1) is 9.45. The van der Waals surface area contributed by atoms with Crippen molar-refractivity contribution >= 4 is 0 Å². The molecular weight excluding hydrogens is 190 g/mol. The Balaban J connectivity index is 2.38. The van der Waals surface area contributed by atoms with E-state index in [-0.39, 0.29) is 0 Å². The van der Waals surface area contributed by atoms with E-state index in [2.05, 4.69) is 15.1 Å². The third-order valence-electron chi connectivity index (χ3n) is 2.11. The third-order valence-corrected chi connectivity index (χ3v) is 2.11.